The molecule has 6 nitrogen and oxygen atoms in total. The minimum absolute atomic E-state index is 0.0494. The predicted molar refractivity (Wildman–Crippen MR) is 105 cm³/mol. The Bertz CT molecular complexity index is 964. The number of allylic oxidation sites excluding steroid dienone is 1. The van der Waals surface area contributed by atoms with Crippen LogP contribution in [0.5, 0.6) is 0 Å². The van der Waals surface area contributed by atoms with Crippen molar-refractivity contribution in [1.82, 2.24) is 14.8 Å². The van der Waals surface area contributed by atoms with Gasteiger partial charge in [-0.2, -0.15) is 9.89 Å². The summed E-state index contributed by atoms with van der Waals surface area (Å²) in [7, 11) is 0. The predicted octanol–water partition coefficient (Wildman–Crippen LogP) is 4.22. The highest BCUT2D eigenvalue weighted by Crippen LogP contribution is 2.38. The molecule has 2 aliphatic heterocycles. The van der Waals surface area contributed by atoms with E-state index in [1.807, 2.05) is 9.91 Å². The molecule has 1 fully saturated rings. The van der Waals surface area contributed by atoms with Gasteiger partial charge in [0.2, 0.25) is 0 Å². The molecule has 10 heteroatoms. The molecule has 1 atom stereocenters. The highest BCUT2D eigenvalue weighted by atomic mass is 79.9. The van der Waals surface area contributed by atoms with Crippen LogP contribution in [0.3, 0.4) is 0 Å². The fraction of sp³-hybridized carbons (Fsp3) is 0.412. The van der Waals surface area contributed by atoms with E-state index in [4.69, 9.17) is 27.9 Å². The maximum absolute atomic E-state index is 13.9. The highest BCUT2D eigenvalue weighted by molar-refractivity contribution is 9.10. The largest absolute Gasteiger partial charge is 0.466 e. The van der Waals surface area contributed by atoms with Gasteiger partial charge in [-0.1, -0.05) is 23.2 Å². The second kappa shape index (κ2) is 7.14. The summed E-state index contributed by atoms with van der Waals surface area (Å²) < 4.78 is 19.6. The summed E-state index contributed by atoms with van der Waals surface area (Å²) in [4.78, 5) is 15.6. The van der Waals surface area contributed by atoms with Crippen LogP contribution in [0.15, 0.2) is 28.1 Å². The third-order valence-electron chi connectivity index (χ3n) is 4.66. The smallest absolute Gasteiger partial charge is 0.311 e. The lowest BCUT2D eigenvalue weighted by Crippen LogP contribution is -2.37. The molecular formula is C17H16BrCl2FN4O2. The van der Waals surface area contributed by atoms with Crippen LogP contribution in [0.1, 0.15) is 19.8 Å². The molecular weight excluding hydrogens is 462 g/mol. The van der Waals surface area contributed by atoms with E-state index < -0.39 is 6.17 Å². The molecule has 2 aromatic rings. The summed E-state index contributed by atoms with van der Waals surface area (Å²) in [5.41, 5.74) is 2.05. The minimum Gasteiger partial charge on any atom is -0.466 e. The van der Waals surface area contributed by atoms with Crippen LogP contribution in [0, 0.1) is 0 Å². The molecule has 0 saturated carbocycles. The second-order valence-corrected chi connectivity index (χ2v) is 8.05. The molecule has 0 radical (unpaired) electrons. The Kier molecular flexibility index (Phi) is 4.98. The van der Waals surface area contributed by atoms with Gasteiger partial charge in [0.1, 0.15) is 18.4 Å². The summed E-state index contributed by atoms with van der Waals surface area (Å²) in [6, 6.07) is 1.71. The van der Waals surface area contributed by atoms with Gasteiger partial charge in [-0.15, -0.1) is 0 Å². The summed E-state index contributed by atoms with van der Waals surface area (Å²) in [6.45, 7) is 2.74. The lowest BCUT2D eigenvalue weighted by Gasteiger charge is -2.23. The van der Waals surface area contributed by atoms with Gasteiger partial charge in [0, 0.05) is 22.0 Å². The van der Waals surface area contributed by atoms with Crippen molar-refractivity contribution in [3.05, 3.63) is 38.2 Å². The maximum Gasteiger partial charge on any atom is 0.311 e. The number of aromatic nitrogens is 2. The van der Waals surface area contributed by atoms with E-state index in [0.29, 0.717) is 50.9 Å². The maximum atomic E-state index is 13.9. The number of ether oxygens (including phenoxy) is 1. The van der Waals surface area contributed by atoms with Gasteiger partial charge < -0.3 is 9.64 Å². The lowest BCUT2D eigenvalue weighted by atomic mass is 10.2. The molecule has 4 rings (SSSR count). The van der Waals surface area contributed by atoms with Crippen molar-refractivity contribution in [2.75, 3.05) is 24.8 Å². The number of halogens is 4. The van der Waals surface area contributed by atoms with E-state index >= 15 is 0 Å². The van der Waals surface area contributed by atoms with E-state index in [-0.39, 0.29) is 18.8 Å². The third-order valence-corrected chi connectivity index (χ3v) is 6.21. The Labute approximate surface area is 173 Å². The third kappa shape index (κ3) is 3.28. The van der Waals surface area contributed by atoms with Gasteiger partial charge >= 0.3 is 5.97 Å². The van der Waals surface area contributed by atoms with Gasteiger partial charge in [-0.25, -0.2) is 9.40 Å². The Hall–Kier alpha value is -1.51. The number of hydrogen-bond donors (Lipinski definition) is 0. The Morgan fingerprint density at radius 2 is 2.26 bits per heavy atom. The molecule has 144 valence electrons. The summed E-state index contributed by atoms with van der Waals surface area (Å²) in [5.74, 6) is -0.357. The van der Waals surface area contributed by atoms with Gasteiger partial charge in [-0.05, 0) is 28.9 Å². The van der Waals surface area contributed by atoms with Crippen LogP contribution in [0.4, 0.5) is 4.39 Å². The number of fused-ring (bicyclic) bond motifs is 2. The number of hydrogen-bond acceptors (Lipinski definition) is 5. The molecule has 2 aliphatic rings. The fourth-order valence-electron chi connectivity index (χ4n) is 3.51. The molecule has 27 heavy (non-hydrogen) atoms. The molecule has 3 heterocycles. The van der Waals surface area contributed by atoms with E-state index in [2.05, 4.69) is 21.0 Å². The number of carbonyl (C=O) groups is 1. The van der Waals surface area contributed by atoms with Crippen molar-refractivity contribution in [3.63, 3.8) is 0 Å². The Balaban J connectivity index is 1.76. The number of benzene rings is 1. The zero-order valence-electron chi connectivity index (χ0n) is 14.4. The molecule has 1 aromatic heterocycles. The van der Waals surface area contributed by atoms with Crippen LogP contribution in [0.2, 0.25) is 10.0 Å². The molecule has 0 spiro atoms. The van der Waals surface area contributed by atoms with Crippen LogP contribution in [-0.4, -0.2) is 46.8 Å². The van der Waals surface area contributed by atoms with Crippen molar-refractivity contribution in [1.29, 1.82) is 0 Å². The number of alkyl halides is 1. The fourth-order valence-corrected chi connectivity index (χ4v) is 4.50. The first-order valence-corrected chi connectivity index (χ1v) is 10.0. The van der Waals surface area contributed by atoms with Crippen molar-refractivity contribution >= 4 is 56.0 Å². The quantitative estimate of drug-likeness (QED) is 0.487. The molecule has 0 N–H and O–H groups in total. The number of nitrogens with zero attached hydrogens (tertiary/aromatic N) is 4. The average Bonchev–Trinajstić information content (AvgIpc) is 3.27. The normalized spacial score (nSPS) is 19.4. The van der Waals surface area contributed by atoms with Crippen molar-refractivity contribution in [2.24, 2.45) is 0 Å². The summed E-state index contributed by atoms with van der Waals surface area (Å²) >= 11 is 16.0. The van der Waals surface area contributed by atoms with Crippen LogP contribution >= 0.6 is 39.1 Å². The van der Waals surface area contributed by atoms with Crippen molar-refractivity contribution in [3.8, 4) is 0 Å². The minimum atomic E-state index is -0.934. The molecule has 0 amide bonds. The monoisotopic (exact) mass is 476 g/mol. The topological polar surface area (TPSA) is 50.6 Å². The van der Waals surface area contributed by atoms with E-state index in [1.165, 1.54) is 0 Å². The van der Waals surface area contributed by atoms with Gasteiger partial charge in [-0.3, -0.25) is 4.79 Å². The number of esters is 1. The first kappa shape index (κ1) is 18.8. The lowest BCUT2D eigenvalue weighted by molar-refractivity contribution is -0.142. The van der Waals surface area contributed by atoms with Crippen LogP contribution in [0.25, 0.3) is 10.9 Å². The average molecular weight is 478 g/mol. The summed E-state index contributed by atoms with van der Waals surface area (Å²) in [5, 5.41) is 8.05. The van der Waals surface area contributed by atoms with Crippen LogP contribution < -0.4 is 5.01 Å². The molecule has 0 aliphatic carbocycles. The first-order valence-electron chi connectivity index (χ1n) is 8.46. The van der Waals surface area contributed by atoms with Crippen LogP contribution in [-0.2, 0) is 9.53 Å². The van der Waals surface area contributed by atoms with Gasteiger partial charge in [0.05, 0.1) is 41.5 Å². The van der Waals surface area contributed by atoms with E-state index in [1.54, 1.807) is 24.0 Å². The van der Waals surface area contributed by atoms with Crippen molar-refractivity contribution < 1.29 is 13.9 Å². The zero-order chi connectivity index (χ0) is 19.3. The summed E-state index contributed by atoms with van der Waals surface area (Å²) in [6.07, 6.45) is 1.15. The highest BCUT2D eigenvalue weighted by Gasteiger charge is 2.39. The molecule has 0 unspecified atom stereocenters. The molecule has 1 saturated heterocycles. The zero-order valence-corrected chi connectivity index (χ0v) is 17.5. The standard InChI is InChI=1S/C17H16BrCl2FN4O2/c1-2-27-15(26)5-14-13-3-9(21)6-23(13)8-24(14)25-7-10-12(19)4-11(18)16(20)17(10)22-25/h4,7,9H,2-3,5-6,8H2,1H3/t9-/m1/s1. The van der Waals surface area contributed by atoms with Gasteiger partial charge in [0.25, 0.3) is 0 Å². The first-order chi connectivity index (χ1) is 12.9. The Morgan fingerprint density at radius 3 is 3.00 bits per heavy atom. The van der Waals surface area contributed by atoms with E-state index in [9.17, 15) is 9.18 Å². The van der Waals surface area contributed by atoms with E-state index in [0.717, 1.165) is 5.70 Å². The molecule has 1 aromatic carbocycles. The van der Waals surface area contributed by atoms with Gasteiger partial charge in [0.15, 0.2) is 0 Å². The number of rotatable bonds is 4. The molecule has 0 bridgehead atoms. The second-order valence-electron chi connectivity index (χ2n) is 6.41. The number of carbonyl (C=O) groups excluding carboxylic acids is 1. The SMILES string of the molecule is CCOC(=O)CC1=C2C[C@@H](F)CN2CN1n1cc2c(Cl)cc(Br)c(Cl)c2n1. The Morgan fingerprint density at radius 1 is 1.48 bits per heavy atom. The van der Waals surface area contributed by atoms with Crippen molar-refractivity contribution in [2.45, 2.75) is 25.9 Å².